The molecular formula is C12H24N2O3S. The summed E-state index contributed by atoms with van der Waals surface area (Å²) < 4.78 is 0. The summed E-state index contributed by atoms with van der Waals surface area (Å²) in [5.41, 5.74) is 0. The maximum Gasteiger partial charge on any atom is 0.326 e. The summed E-state index contributed by atoms with van der Waals surface area (Å²) in [5.74, 6) is -0.287. The van der Waals surface area contributed by atoms with Crippen LogP contribution in [-0.2, 0) is 4.79 Å². The number of hydrogen-bond acceptors (Lipinski definition) is 3. The fourth-order valence-corrected chi connectivity index (χ4v) is 2.45. The first-order chi connectivity index (χ1) is 8.34. The Hall–Kier alpha value is -0.910. The van der Waals surface area contributed by atoms with Crippen molar-refractivity contribution >= 4 is 23.8 Å². The van der Waals surface area contributed by atoms with Crippen molar-refractivity contribution in [3.63, 3.8) is 0 Å². The monoisotopic (exact) mass is 276 g/mol. The molecule has 106 valence electrons. The lowest BCUT2D eigenvalue weighted by atomic mass is 10.1. The number of carboxylic acids is 1. The van der Waals surface area contributed by atoms with Crippen molar-refractivity contribution in [3.05, 3.63) is 0 Å². The maximum atomic E-state index is 12.0. The Kier molecular flexibility index (Phi) is 7.82. The number of urea groups is 1. The van der Waals surface area contributed by atoms with Gasteiger partial charge in [0.25, 0.3) is 0 Å². The molecular weight excluding hydrogens is 252 g/mol. The molecule has 2 N–H and O–H groups in total. The number of hydrogen-bond donors (Lipinski definition) is 2. The number of amides is 2. The SMILES string of the molecule is CCC(CSC)N(C)C(=O)NC(C(=O)O)C(C)C. The van der Waals surface area contributed by atoms with Gasteiger partial charge in [-0.25, -0.2) is 9.59 Å². The van der Waals surface area contributed by atoms with Gasteiger partial charge in [0.1, 0.15) is 6.04 Å². The zero-order valence-corrected chi connectivity index (χ0v) is 12.6. The van der Waals surface area contributed by atoms with Gasteiger partial charge in [0, 0.05) is 18.8 Å². The van der Waals surface area contributed by atoms with Crippen LogP contribution in [0.25, 0.3) is 0 Å². The first-order valence-corrected chi connectivity index (χ1v) is 7.49. The molecule has 2 unspecified atom stereocenters. The highest BCUT2D eigenvalue weighted by Gasteiger charge is 2.26. The summed E-state index contributed by atoms with van der Waals surface area (Å²) in [6, 6.07) is -1.04. The molecule has 0 aliphatic heterocycles. The molecule has 0 aromatic rings. The van der Waals surface area contributed by atoms with Crippen LogP contribution in [0.4, 0.5) is 4.79 Å². The highest BCUT2D eigenvalue weighted by Crippen LogP contribution is 2.09. The molecule has 0 aliphatic carbocycles. The molecule has 0 bridgehead atoms. The molecule has 18 heavy (non-hydrogen) atoms. The Bertz CT molecular complexity index is 284. The van der Waals surface area contributed by atoms with Crippen molar-refractivity contribution in [2.24, 2.45) is 5.92 Å². The molecule has 5 nitrogen and oxygen atoms in total. The van der Waals surface area contributed by atoms with Gasteiger partial charge in [-0.15, -0.1) is 0 Å². The Morgan fingerprint density at radius 1 is 1.39 bits per heavy atom. The van der Waals surface area contributed by atoms with Crippen LogP contribution < -0.4 is 5.32 Å². The van der Waals surface area contributed by atoms with Crippen LogP contribution in [0.5, 0.6) is 0 Å². The van der Waals surface area contributed by atoms with Crippen molar-refractivity contribution in [2.45, 2.75) is 39.3 Å². The Labute approximate surface area is 113 Å². The van der Waals surface area contributed by atoms with Crippen LogP contribution in [0, 0.1) is 5.92 Å². The highest BCUT2D eigenvalue weighted by atomic mass is 32.2. The highest BCUT2D eigenvalue weighted by molar-refractivity contribution is 7.98. The lowest BCUT2D eigenvalue weighted by Gasteiger charge is -2.29. The van der Waals surface area contributed by atoms with Crippen LogP contribution in [0.1, 0.15) is 27.2 Å². The standard InChI is InChI=1S/C12H24N2O3S/c1-6-9(7-18-5)14(4)12(17)13-10(8(2)3)11(15)16/h8-10H,6-7H2,1-5H3,(H,13,17)(H,15,16). The van der Waals surface area contributed by atoms with Crippen LogP contribution in [0.2, 0.25) is 0 Å². The maximum absolute atomic E-state index is 12.0. The number of carboxylic acid groups (broad SMARTS) is 1. The number of thioether (sulfide) groups is 1. The molecule has 0 spiro atoms. The number of rotatable bonds is 7. The predicted molar refractivity (Wildman–Crippen MR) is 75.0 cm³/mol. The summed E-state index contributed by atoms with van der Waals surface area (Å²) in [5, 5.41) is 11.6. The Balaban J connectivity index is 4.58. The lowest BCUT2D eigenvalue weighted by molar-refractivity contribution is -0.140. The van der Waals surface area contributed by atoms with Crippen molar-refractivity contribution in [2.75, 3.05) is 19.1 Å². The second kappa shape index (κ2) is 8.24. The normalized spacial score (nSPS) is 14.1. The van der Waals surface area contributed by atoms with E-state index in [1.807, 2.05) is 13.2 Å². The van der Waals surface area contributed by atoms with Crippen LogP contribution >= 0.6 is 11.8 Å². The molecule has 0 aromatic heterocycles. The molecule has 0 rings (SSSR count). The summed E-state index contributed by atoms with van der Waals surface area (Å²) in [4.78, 5) is 24.6. The van der Waals surface area contributed by atoms with Gasteiger partial charge in [-0.1, -0.05) is 20.8 Å². The van der Waals surface area contributed by atoms with Gasteiger partial charge in [0.15, 0.2) is 0 Å². The average molecular weight is 276 g/mol. The summed E-state index contributed by atoms with van der Waals surface area (Å²) in [7, 11) is 1.71. The van der Waals surface area contributed by atoms with Crippen molar-refractivity contribution < 1.29 is 14.7 Å². The minimum Gasteiger partial charge on any atom is -0.480 e. The Morgan fingerprint density at radius 3 is 2.28 bits per heavy atom. The minimum atomic E-state index is -0.996. The molecule has 0 fully saturated rings. The third-order valence-electron chi connectivity index (χ3n) is 2.91. The van der Waals surface area contributed by atoms with Crippen LogP contribution in [0.3, 0.4) is 0 Å². The number of nitrogens with one attached hydrogen (secondary N) is 1. The van der Waals surface area contributed by atoms with E-state index in [1.165, 1.54) is 0 Å². The average Bonchev–Trinajstić information content (AvgIpc) is 2.30. The van der Waals surface area contributed by atoms with Gasteiger partial charge in [-0.05, 0) is 18.6 Å². The molecule has 2 atom stereocenters. The van der Waals surface area contributed by atoms with Gasteiger partial charge >= 0.3 is 12.0 Å². The smallest absolute Gasteiger partial charge is 0.326 e. The van der Waals surface area contributed by atoms with E-state index in [0.29, 0.717) is 0 Å². The second-order valence-electron chi connectivity index (χ2n) is 4.64. The largest absolute Gasteiger partial charge is 0.480 e. The van der Waals surface area contributed by atoms with Crippen LogP contribution in [-0.4, -0.2) is 53.1 Å². The molecule has 0 aromatic carbocycles. The molecule has 6 heteroatoms. The zero-order valence-electron chi connectivity index (χ0n) is 11.8. The number of nitrogens with zero attached hydrogens (tertiary/aromatic N) is 1. The summed E-state index contributed by atoms with van der Waals surface area (Å²) in [6.07, 6.45) is 2.84. The number of aliphatic carboxylic acids is 1. The second-order valence-corrected chi connectivity index (χ2v) is 5.55. The summed E-state index contributed by atoms with van der Waals surface area (Å²) in [6.45, 7) is 5.57. The fraction of sp³-hybridized carbons (Fsp3) is 0.833. The van der Waals surface area contributed by atoms with Crippen molar-refractivity contribution in [1.82, 2.24) is 10.2 Å². The van der Waals surface area contributed by atoms with E-state index in [2.05, 4.69) is 5.32 Å². The van der Waals surface area contributed by atoms with Crippen LogP contribution in [0.15, 0.2) is 0 Å². The van der Waals surface area contributed by atoms with E-state index in [1.54, 1.807) is 37.6 Å². The fourth-order valence-electron chi connectivity index (χ4n) is 1.61. The van der Waals surface area contributed by atoms with E-state index in [4.69, 9.17) is 5.11 Å². The van der Waals surface area contributed by atoms with E-state index in [9.17, 15) is 9.59 Å². The van der Waals surface area contributed by atoms with E-state index < -0.39 is 12.0 Å². The Morgan fingerprint density at radius 2 is 1.94 bits per heavy atom. The number of carbonyl (C=O) groups excluding carboxylic acids is 1. The van der Waals surface area contributed by atoms with Gasteiger partial charge in [-0.2, -0.15) is 11.8 Å². The molecule has 0 heterocycles. The molecule has 0 saturated carbocycles. The first-order valence-electron chi connectivity index (χ1n) is 6.10. The summed E-state index contributed by atoms with van der Waals surface area (Å²) >= 11 is 1.67. The van der Waals surface area contributed by atoms with Gasteiger partial charge in [-0.3, -0.25) is 0 Å². The van der Waals surface area contributed by atoms with Gasteiger partial charge in [0.2, 0.25) is 0 Å². The number of carbonyl (C=O) groups is 2. The third-order valence-corrected chi connectivity index (χ3v) is 3.63. The minimum absolute atomic E-state index is 0.126. The lowest BCUT2D eigenvalue weighted by Crippen LogP contribution is -2.52. The topological polar surface area (TPSA) is 69.6 Å². The molecule has 2 amide bonds. The molecule has 0 saturated heterocycles. The van der Waals surface area contributed by atoms with Crippen molar-refractivity contribution in [1.29, 1.82) is 0 Å². The molecule has 0 aliphatic rings. The predicted octanol–water partition coefficient (Wildman–Crippen LogP) is 1.88. The quantitative estimate of drug-likeness (QED) is 0.745. The van der Waals surface area contributed by atoms with Gasteiger partial charge in [0.05, 0.1) is 0 Å². The van der Waals surface area contributed by atoms with Gasteiger partial charge < -0.3 is 15.3 Å². The third kappa shape index (κ3) is 5.16. The van der Waals surface area contributed by atoms with E-state index in [0.717, 1.165) is 12.2 Å². The molecule has 0 radical (unpaired) electrons. The zero-order chi connectivity index (χ0) is 14.3. The van der Waals surface area contributed by atoms with E-state index >= 15 is 0 Å². The first kappa shape index (κ1) is 17.1. The van der Waals surface area contributed by atoms with E-state index in [-0.39, 0.29) is 18.0 Å². The van der Waals surface area contributed by atoms with Crippen molar-refractivity contribution in [3.8, 4) is 0 Å².